The molecule has 0 bridgehead atoms. The topological polar surface area (TPSA) is 65.0 Å². The summed E-state index contributed by atoms with van der Waals surface area (Å²) in [5.74, 6) is 0.777. The molecule has 3 N–H and O–H groups in total. The summed E-state index contributed by atoms with van der Waals surface area (Å²) in [6, 6.07) is 18.8. The third kappa shape index (κ3) is 7.78. The molecule has 1 atom stereocenters. The van der Waals surface area contributed by atoms with Crippen LogP contribution in [0.2, 0.25) is 0 Å². The van der Waals surface area contributed by atoms with Crippen LogP contribution in [0.25, 0.3) is 0 Å². The highest BCUT2D eigenvalue weighted by Crippen LogP contribution is 2.19. The molecule has 0 amide bonds. The summed E-state index contributed by atoms with van der Waals surface area (Å²) in [5.41, 5.74) is 2.45. The molecule has 0 aromatic heterocycles. The van der Waals surface area contributed by atoms with Gasteiger partial charge in [0.25, 0.3) is 0 Å². The largest absolute Gasteiger partial charge is 0.491 e. The average molecular weight is 399 g/mol. The minimum Gasteiger partial charge on any atom is -0.491 e. The Hall–Kier alpha value is -1.92. The van der Waals surface area contributed by atoms with Crippen LogP contribution in [0.3, 0.4) is 0 Å². The molecule has 158 valence electrons. The Labute approximate surface area is 174 Å². The highest BCUT2D eigenvalue weighted by Gasteiger charge is 2.18. The minimum absolute atomic E-state index is 0.113. The van der Waals surface area contributed by atoms with Crippen LogP contribution in [-0.4, -0.2) is 53.6 Å². The van der Waals surface area contributed by atoms with Crippen LogP contribution in [0.15, 0.2) is 54.6 Å². The highest BCUT2D eigenvalue weighted by atomic mass is 16.5. The lowest BCUT2D eigenvalue weighted by atomic mass is 9.93. The van der Waals surface area contributed by atoms with E-state index < -0.39 is 6.10 Å². The Morgan fingerprint density at radius 2 is 1.69 bits per heavy atom. The Balaban J connectivity index is 1.34. The monoisotopic (exact) mass is 398 g/mol. The summed E-state index contributed by atoms with van der Waals surface area (Å²) in [4.78, 5) is 2.10. The first-order valence-corrected chi connectivity index (χ1v) is 10.6. The van der Waals surface area contributed by atoms with Gasteiger partial charge in [-0.2, -0.15) is 0 Å². The highest BCUT2D eigenvalue weighted by molar-refractivity contribution is 5.27. The summed E-state index contributed by atoms with van der Waals surface area (Å²) in [5, 5.41) is 23.4. The number of aliphatic hydroxyl groups is 2. The molecule has 0 spiro atoms. The Kier molecular flexibility index (Phi) is 8.50. The summed E-state index contributed by atoms with van der Waals surface area (Å²) < 4.78 is 5.76. The fourth-order valence-electron chi connectivity index (χ4n) is 3.81. The van der Waals surface area contributed by atoms with Crippen molar-refractivity contribution < 1.29 is 14.9 Å². The number of ether oxygens (including phenoxy) is 1. The molecule has 2 aromatic rings. The van der Waals surface area contributed by atoms with E-state index in [1.54, 1.807) is 0 Å². The molecule has 0 unspecified atom stereocenters. The first kappa shape index (κ1) is 21.8. The number of likely N-dealkylation sites (N-methyl/N-ethyl adjacent to an activating group) is 1. The molecular formula is C24H34N2O3. The van der Waals surface area contributed by atoms with Crippen LogP contribution in [0.1, 0.15) is 36.8 Å². The molecule has 29 heavy (non-hydrogen) atoms. The van der Waals surface area contributed by atoms with Crippen LogP contribution in [0.4, 0.5) is 0 Å². The van der Waals surface area contributed by atoms with E-state index in [1.807, 2.05) is 37.4 Å². The lowest BCUT2D eigenvalue weighted by molar-refractivity contribution is 0.0744. The van der Waals surface area contributed by atoms with Gasteiger partial charge in [-0.1, -0.05) is 42.5 Å². The molecule has 0 radical (unpaired) electrons. The van der Waals surface area contributed by atoms with Crippen molar-refractivity contribution in [1.82, 2.24) is 10.2 Å². The van der Waals surface area contributed by atoms with Gasteiger partial charge in [-0.15, -0.1) is 0 Å². The van der Waals surface area contributed by atoms with Crippen molar-refractivity contribution in [2.75, 3.05) is 20.2 Å². The normalized spacial score (nSPS) is 20.6. The minimum atomic E-state index is -0.535. The van der Waals surface area contributed by atoms with Gasteiger partial charge >= 0.3 is 0 Å². The third-order valence-corrected chi connectivity index (χ3v) is 5.48. The number of rotatable bonds is 10. The molecular weight excluding hydrogens is 364 g/mol. The van der Waals surface area contributed by atoms with Gasteiger partial charge in [0.1, 0.15) is 18.5 Å². The predicted molar refractivity (Wildman–Crippen MR) is 116 cm³/mol. The number of hydrogen-bond donors (Lipinski definition) is 3. The molecule has 0 heterocycles. The van der Waals surface area contributed by atoms with E-state index >= 15 is 0 Å². The van der Waals surface area contributed by atoms with E-state index in [0.717, 1.165) is 44.5 Å². The number of hydrogen-bond acceptors (Lipinski definition) is 5. The zero-order valence-electron chi connectivity index (χ0n) is 17.3. The van der Waals surface area contributed by atoms with Crippen molar-refractivity contribution in [2.24, 2.45) is 0 Å². The maximum Gasteiger partial charge on any atom is 0.119 e. The van der Waals surface area contributed by atoms with Crippen LogP contribution >= 0.6 is 0 Å². The summed E-state index contributed by atoms with van der Waals surface area (Å²) in [6.45, 7) is 2.47. The summed E-state index contributed by atoms with van der Waals surface area (Å²) in [6.07, 6.45) is 3.23. The van der Waals surface area contributed by atoms with E-state index in [9.17, 15) is 10.2 Å². The number of benzene rings is 2. The number of aliphatic hydroxyl groups excluding tert-OH is 2. The third-order valence-electron chi connectivity index (χ3n) is 5.48. The molecule has 0 saturated heterocycles. The van der Waals surface area contributed by atoms with Crippen molar-refractivity contribution in [1.29, 1.82) is 0 Å². The molecule has 5 heteroatoms. The number of nitrogens with zero attached hydrogens (tertiary/aromatic N) is 1. The molecule has 1 fully saturated rings. The van der Waals surface area contributed by atoms with Gasteiger partial charge in [-0.25, -0.2) is 0 Å². The molecule has 2 aromatic carbocycles. The van der Waals surface area contributed by atoms with Crippen molar-refractivity contribution in [3.05, 3.63) is 65.7 Å². The predicted octanol–water partition coefficient (Wildman–Crippen LogP) is 2.95. The van der Waals surface area contributed by atoms with Crippen molar-refractivity contribution in [3.63, 3.8) is 0 Å². The van der Waals surface area contributed by atoms with Crippen LogP contribution in [0.5, 0.6) is 5.75 Å². The molecule has 0 aliphatic heterocycles. The summed E-state index contributed by atoms with van der Waals surface area (Å²) in [7, 11) is 2.00. The molecule has 1 aliphatic carbocycles. The molecule has 5 nitrogen and oxygen atoms in total. The van der Waals surface area contributed by atoms with E-state index in [2.05, 4.69) is 34.5 Å². The van der Waals surface area contributed by atoms with Crippen LogP contribution in [0, 0.1) is 0 Å². The summed E-state index contributed by atoms with van der Waals surface area (Å²) >= 11 is 0. The molecule has 1 saturated carbocycles. The fourth-order valence-corrected chi connectivity index (χ4v) is 3.81. The lowest BCUT2D eigenvalue weighted by Crippen LogP contribution is -2.34. The molecule has 1 aliphatic rings. The van der Waals surface area contributed by atoms with Crippen molar-refractivity contribution in [3.8, 4) is 5.75 Å². The van der Waals surface area contributed by atoms with Gasteiger partial charge in [-0.3, -0.25) is 4.90 Å². The van der Waals surface area contributed by atoms with Gasteiger partial charge in [-0.05, 0) is 56.0 Å². The first-order valence-electron chi connectivity index (χ1n) is 10.6. The van der Waals surface area contributed by atoms with Crippen molar-refractivity contribution in [2.45, 2.75) is 57.0 Å². The second-order valence-corrected chi connectivity index (χ2v) is 8.18. The SMILES string of the molecule is CN(Cc1ccccc1)C[C@H](O)COc1ccc(CNC2CCC(O)CC2)cc1. The van der Waals surface area contributed by atoms with E-state index in [0.29, 0.717) is 12.6 Å². The van der Waals surface area contributed by atoms with Gasteiger partial charge in [0.2, 0.25) is 0 Å². The quantitative estimate of drug-likeness (QED) is 0.574. The lowest BCUT2D eigenvalue weighted by Gasteiger charge is -2.26. The van der Waals surface area contributed by atoms with E-state index in [1.165, 1.54) is 11.1 Å². The Morgan fingerprint density at radius 1 is 1.00 bits per heavy atom. The zero-order chi connectivity index (χ0) is 20.5. The second kappa shape index (κ2) is 11.3. The van der Waals surface area contributed by atoms with Crippen molar-refractivity contribution >= 4 is 0 Å². The van der Waals surface area contributed by atoms with E-state index in [4.69, 9.17) is 4.74 Å². The van der Waals surface area contributed by atoms with Gasteiger partial charge in [0.15, 0.2) is 0 Å². The average Bonchev–Trinajstić information content (AvgIpc) is 2.73. The van der Waals surface area contributed by atoms with Crippen LogP contribution in [-0.2, 0) is 13.1 Å². The Bertz CT molecular complexity index is 700. The fraction of sp³-hybridized carbons (Fsp3) is 0.500. The molecule has 3 rings (SSSR count). The second-order valence-electron chi connectivity index (χ2n) is 8.18. The Morgan fingerprint density at radius 3 is 2.38 bits per heavy atom. The smallest absolute Gasteiger partial charge is 0.119 e. The van der Waals surface area contributed by atoms with Gasteiger partial charge in [0.05, 0.1) is 6.10 Å². The first-order chi connectivity index (χ1) is 14.1. The zero-order valence-corrected chi connectivity index (χ0v) is 17.3. The van der Waals surface area contributed by atoms with E-state index in [-0.39, 0.29) is 12.7 Å². The standard InChI is InChI=1S/C24H34N2O3/c1-26(16-20-5-3-2-4-6-20)17-23(28)18-29-24-13-7-19(8-14-24)15-25-21-9-11-22(27)12-10-21/h2-8,13-14,21-23,25,27-28H,9-12,15-18H2,1H3/t21?,22?,23-/m0/s1. The van der Waals surface area contributed by atoms with Gasteiger partial charge < -0.3 is 20.3 Å². The maximum atomic E-state index is 10.3. The maximum absolute atomic E-state index is 10.3. The van der Waals surface area contributed by atoms with Crippen LogP contribution < -0.4 is 10.1 Å². The number of nitrogens with one attached hydrogen (secondary N) is 1. The van der Waals surface area contributed by atoms with Gasteiger partial charge in [0, 0.05) is 25.7 Å².